The number of furan rings is 1. The monoisotopic (exact) mass is 347 g/mol. The van der Waals surface area contributed by atoms with Crippen molar-refractivity contribution in [2.24, 2.45) is 0 Å². The standard InChI is InChI=1S/C21H21NO2Si/c1-25(2,3)18-14-22(13-15-9-5-4-6-10-15)21(23)20-19(18)16-11-7-8-12-17(16)24-20/h4-12,14H,13H2,1-3H3. The number of pyridine rings is 1. The van der Waals surface area contributed by atoms with Crippen LogP contribution in [-0.4, -0.2) is 12.6 Å². The molecule has 0 aliphatic carbocycles. The van der Waals surface area contributed by atoms with Gasteiger partial charge in [0.25, 0.3) is 5.56 Å². The Kier molecular flexibility index (Phi) is 3.65. The summed E-state index contributed by atoms with van der Waals surface area (Å²) in [5.41, 5.74) is 2.32. The lowest BCUT2D eigenvalue weighted by atomic mass is 10.2. The first-order valence-electron chi connectivity index (χ1n) is 8.54. The second-order valence-electron chi connectivity index (χ2n) is 7.51. The molecular formula is C21H21NO2Si. The summed E-state index contributed by atoms with van der Waals surface area (Å²) in [6.45, 7) is 7.48. The Bertz CT molecular complexity index is 1120. The first-order valence-corrected chi connectivity index (χ1v) is 12.0. The zero-order valence-corrected chi connectivity index (χ0v) is 15.7. The molecule has 2 heterocycles. The number of rotatable bonds is 3. The molecule has 3 nitrogen and oxygen atoms in total. The number of nitrogens with zero attached hydrogens (tertiary/aromatic N) is 1. The Balaban J connectivity index is 2.04. The summed E-state index contributed by atoms with van der Waals surface area (Å²) >= 11 is 0. The van der Waals surface area contributed by atoms with E-state index in [1.807, 2.05) is 54.6 Å². The fourth-order valence-corrected chi connectivity index (χ4v) is 4.88. The molecule has 0 unspecified atom stereocenters. The molecule has 4 rings (SSSR count). The fraction of sp³-hybridized carbons (Fsp3) is 0.190. The van der Waals surface area contributed by atoms with Gasteiger partial charge in [-0.15, -0.1) is 0 Å². The third-order valence-electron chi connectivity index (χ3n) is 4.61. The second kappa shape index (κ2) is 5.74. The van der Waals surface area contributed by atoms with Gasteiger partial charge in [-0.2, -0.15) is 0 Å². The van der Waals surface area contributed by atoms with Crippen LogP contribution in [0.1, 0.15) is 5.56 Å². The van der Waals surface area contributed by atoms with Crippen molar-refractivity contribution in [1.29, 1.82) is 0 Å². The molecule has 0 aliphatic rings. The summed E-state index contributed by atoms with van der Waals surface area (Å²) in [6, 6.07) is 18.0. The summed E-state index contributed by atoms with van der Waals surface area (Å²) in [4.78, 5) is 13.1. The molecular weight excluding hydrogens is 326 g/mol. The molecule has 0 saturated heterocycles. The van der Waals surface area contributed by atoms with Crippen molar-refractivity contribution in [2.75, 3.05) is 0 Å². The third-order valence-corrected chi connectivity index (χ3v) is 6.60. The van der Waals surface area contributed by atoms with E-state index in [9.17, 15) is 4.79 Å². The van der Waals surface area contributed by atoms with Crippen LogP contribution in [0.2, 0.25) is 19.6 Å². The molecule has 0 radical (unpaired) electrons. The van der Waals surface area contributed by atoms with Gasteiger partial charge in [0.15, 0.2) is 5.58 Å². The Morgan fingerprint density at radius 1 is 0.960 bits per heavy atom. The van der Waals surface area contributed by atoms with E-state index in [2.05, 4.69) is 25.8 Å². The van der Waals surface area contributed by atoms with E-state index in [0.29, 0.717) is 12.1 Å². The van der Waals surface area contributed by atoms with Crippen molar-refractivity contribution in [3.63, 3.8) is 0 Å². The van der Waals surface area contributed by atoms with Crippen LogP contribution in [0.4, 0.5) is 0 Å². The largest absolute Gasteiger partial charge is 0.450 e. The lowest BCUT2D eigenvalue weighted by molar-refractivity contribution is 0.648. The third kappa shape index (κ3) is 2.72. The lowest BCUT2D eigenvalue weighted by Gasteiger charge is -2.20. The van der Waals surface area contributed by atoms with E-state index in [4.69, 9.17) is 4.42 Å². The minimum absolute atomic E-state index is 0.0583. The molecule has 0 bridgehead atoms. The highest BCUT2D eigenvalue weighted by molar-refractivity contribution is 6.90. The molecule has 0 fully saturated rings. The van der Waals surface area contributed by atoms with Gasteiger partial charge in [0.1, 0.15) is 5.58 Å². The van der Waals surface area contributed by atoms with Gasteiger partial charge < -0.3 is 8.98 Å². The maximum absolute atomic E-state index is 13.1. The highest BCUT2D eigenvalue weighted by Gasteiger charge is 2.25. The van der Waals surface area contributed by atoms with Crippen molar-refractivity contribution in [3.05, 3.63) is 76.7 Å². The molecule has 4 aromatic rings. The van der Waals surface area contributed by atoms with Gasteiger partial charge >= 0.3 is 0 Å². The zero-order chi connectivity index (χ0) is 17.6. The molecule has 2 aromatic heterocycles. The van der Waals surface area contributed by atoms with E-state index in [0.717, 1.165) is 21.9 Å². The summed E-state index contributed by atoms with van der Waals surface area (Å²) < 4.78 is 7.79. The summed E-state index contributed by atoms with van der Waals surface area (Å²) in [5.74, 6) is 0. The number of hydrogen-bond acceptors (Lipinski definition) is 2. The summed E-state index contributed by atoms with van der Waals surface area (Å²) in [5, 5.41) is 3.31. The second-order valence-corrected chi connectivity index (χ2v) is 12.6. The first-order chi connectivity index (χ1) is 11.9. The quantitative estimate of drug-likeness (QED) is 0.517. The van der Waals surface area contributed by atoms with Crippen molar-refractivity contribution in [1.82, 2.24) is 4.57 Å². The summed E-state index contributed by atoms with van der Waals surface area (Å²) in [7, 11) is -1.67. The van der Waals surface area contributed by atoms with Crippen LogP contribution in [0.25, 0.3) is 21.9 Å². The topological polar surface area (TPSA) is 35.1 Å². The van der Waals surface area contributed by atoms with E-state index < -0.39 is 8.07 Å². The first kappa shape index (κ1) is 15.9. The molecule has 0 N–H and O–H groups in total. The normalized spacial score (nSPS) is 12.1. The number of para-hydroxylation sites is 1. The van der Waals surface area contributed by atoms with Gasteiger partial charge in [0.2, 0.25) is 0 Å². The van der Waals surface area contributed by atoms with Gasteiger partial charge in [-0.3, -0.25) is 4.79 Å². The fourth-order valence-electron chi connectivity index (χ4n) is 3.34. The molecule has 2 aromatic carbocycles. The molecule has 25 heavy (non-hydrogen) atoms. The van der Waals surface area contributed by atoms with Crippen LogP contribution >= 0.6 is 0 Å². The molecule has 4 heteroatoms. The number of aromatic nitrogens is 1. The molecule has 0 amide bonds. The van der Waals surface area contributed by atoms with Gasteiger partial charge in [-0.1, -0.05) is 68.2 Å². The molecule has 126 valence electrons. The average Bonchev–Trinajstić information content (AvgIpc) is 2.97. The Morgan fingerprint density at radius 2 is 1.64 bits per heavy atom. The van der Waals surface area contributed by atoms with Crippen LogP contribution in [-0.2, 0) is 6.54 Å². The summed E-state index contributed by atoms with van der Waals surface area (Å²) in [6.07, 6.45) is 2.06. The Labute approximate surface area is 147 Å². The van der Waals surface area contributed by atoms with Gasteiger partial charge in [0.05, 0.1) is 14.6 Å². The van der Waals surface area contributed by atoms with E-state index >= 15 is 0 Å². The van der Waals surface area contributed by atoms with Crippen molar-refractivity contribution >= 4 is 35.2 Å². The van der Waals surface area contributed by atoms with Crippen LogP contribution in [0.15, 0.2) is 70.0 Å². The predicted octanol–water partition coefficient (Wildman–Crippen LogP) is 4.34. The molecule has 0 spiro atoms. The smallest absolute Gasteiger partial charge is 0.294 e. The average molecular weight is 347 g/mol. The number of hydrogen-bond donors (Lipinski definition) is 0. The maximum Gasteiger partial charge on any atom is 0.294 e. The number of benzene rings is 2. The van der Waals surface area contributed by atoms with Crippen LogP contribution < -0.4 is 10.7 Å². The minimum atomic E-state index is -1.67. The van der Waals surface area contributed by atoms with E-state index in [1.165, 1.54) is 5.19 Å². The SMILES string of the molecule is C[Si](C)(C)c1cn(Cc2ccccc2)c(=O)c2oc3ccccc3c12. The lowest BCUT2D eigenvalue weighted by Crippen LogP contribution is -2.41. The van der Waals surface area contributed by atoms with Gasteiger partial charge in [0, 0.05) is 17.0 Å². The van der Waals surface area contributed by atoms with Gasteiger partial charge in [-0.25, -0.2) is 0 Å². The molecule has 0 atom stereocenters. The van der Waals surface area contributed by atoms with Crippen LogP contribution in [0.5, 0.6) is 0 Å². The van der Waals surface area contributed by atoms with E-state index in [1.54, 1.807) is 4.57 Å². The van der Waals surface area contributed by atoms with Crippen LogP contribution in [0.3, 0.4) is 0 Å². The zero-order valence-electron chi connectivity index (χ0n) is 14.7. The van der Waals surface area contributed by atoms with Gasteiger partial charge in [-0.05, 0) is 16.8 Å². The highest BCUT2D eigenvalue weighted by atomic mass is 28.3. The van der Waals surface area contributed by atoms with Crippen molar-refractivity contribution in [2.45, 2.75) is 26.2 Å². The van der Waals surface area contributed by atoms with Crippen molar-refractivity contribution < 1.29 is 4.42 Å². The predicted molar refractivity (Wildman–Crippen MR) is 107 cm³/mol. The van der Waals surface area contributed by atoms with Crippen LogP contribution in [0, 0.1) is 0 Å². The van der Waals surface area contributed by atoms with Crippen molar-refractivity contribution in [3.8, 4) is 0 Å². The maximum atomic E-state index is 13.1. The number of fused-ring (bicyclic) bond motifs is 3. The minimum Gasteiger partial charge on any atom is -0.450 e. The Hall–Kier alpha value is -2.59. The molecule has 0 aliphatic heterocycles. The Morgan fingerprint density at radius 3 is 2.36 bits per heavy atom. The molecule has 0 saturated carbocycles. The highest BCUT2D eigenvalue weighted by Crippen LogP contribution is 2.26. The van der Waals surface area contributed by atoms with E-state index in [-0.39, 0.29) is 5.56 Å².